The van der Waals surface area contributed by atoms with Crippen molar-refractivity contribution in [3.63, 3.8) is 0 Å². The number of rotatable bonds is 19. The van der Waals surface area contributed by atoms with Crippen LogP contribution in [0.2, 0.25) is 0 Å². The zero-order chi connectivity index (χ0) is 20.2. The number of allylic oxidation sites excluding steroid dienone is 1. The van der Waals surface area contributed by atoms with Gasteiger partial charge in [0.05, 0.1) is 6.61 Å². The van der Waals surface area contributed by atoms with E-state index in [1.54, 1.807) is 6.92 Å². The van der Waals surface area contributed by atoms with Crippen molar-refractivity contribution in [2.45, 2.75) is 117 Å². The number of aliphatic hydroxyl groups excluding tert-OH is 1. The van der Waals surface area contributed by atoms with Crippen LogP contribution < -0.4 is 0 Å². The molecule has 0 amide bonds. The average molecular weight is 383 g/mol. The summed E-state index contributed by atoms with van der Waals surface area (Å²) in [5, 5.41) is 9.41. The summed E-state index contributed by atoms with van der Waals surface area (Å²) in [5.74, 6) is -1.64. The van der Waals surface area contributed by atoms with E-state index in [2.05, 4.69) is 11.7 Å². The number of hydrogen-bond acceptors (Lipinski definition) is 4. The molecule has 27 heavy (non-hydrogen) atoms. The maximum absolute atomic E-state index is 11.7. The van der Waals surface area contributed by atoms with E-state index >= 15 is 0 Å². The Morgan fingerprint density at radius 1 is 0.704 bits per heavy atom. The summed E-state index contributed by atoms with van der Waals surface area (Å²) in [4.78, 5) is 22.9. The molecule has 0 saturated carbocycles. The van der Waals surface area contributed by atoms with Gasteiger partial charge in [-0.2, -0.15) is 0 Å². The van der Waals surface area contributed by atoms with Gasteiger partial charge in [0, 0.05) is 12.5 Å². The fourth-order valence-corrected chi connectivity index (χ4v) is 3.16. The minimum absolute atomic E-state index is 0.184. The molecule has 0 aromatic carbocycles. The molecule has 0 aliphatic rings. The van der Waals surface area contributed by atoms with Crippen molar-refractivity contribution >= 4 is 11.8 Å². The summed E-state index contributed by atoms with van der Waals surface area (Å²) in [6.45, 7) is 4.10. The topological polar surface area (TPSA) is 63.6 Å². The molecule has 0 aromatic heterocycles. The molecular formula is C23H42O4. The second-order valence-corrected chi connectivity index (χ2v) is 7.42. The van der Waals surface area contributed by atoms with Gasteiger partial charge in [-0.25, -0.2) is 4.79 Å². The molecule has 4 nitrogen and oxygen atoms in total. The van der Waals surface area contributed by atoms with Crippen molar-refractivity contribution in [1.29, 1.82) is 0 Å². The largest absolute Gasteiger partial charge is 0.502 e. The van der Waals surface area contributed by atoms with E-state index in [1.165, 1.54) is 77.0 Å². The van der Waals surface area contributed by atoms with E-state index in [4.69, 9.17) is 0 Å². The molecule has 4 heteroatoms. The Morgan fingerprint density at radius 3 is 1.52 bits per heavy atom. The fraction of sp³-hybridized carbons (Fsp3) is 0.826. The standard InChI is InChI=1S/C23H42O4/c1-3-5-6-7-8-9-10-11-12-13-14-15-16-17-18-19-21(24)20-22(25)23(26)27-4-2/h20,25H,3-19H2,1-2H3. The van der Waals surface area contributed by atoms with E-state index in [9.17, 15) is 14.7 Å². The molecule has 0 aromatic rings. The van der Waals surface area contributed by atoms with Crippen LogP contribution in [0.3, 0.4) is 0 Å². The molecule has 0 atom stereocenters. The molecule has 0 spiro atoms. The third kappa shape index (κ3) is 17.8. The highest BCUT2D eigenvalue weighted by Gasteiger charge is 2.10. The van der Waals surface area contributed by atoms with Crippen molar-refractivity contribution in [2.24, 2.45) is 0 Å². The number of carbonyl (C=O) groups is 2. The SMILES string of the molecule is CCCCCCCCCCCCCCCCCC(=O)C=C(O)C(=O)OCC. The number of esters is 1. The molecule has 0 fully saturated rings. The van der Waals surface area contributed by atoms with Crippen LogP contribution in [-0.4, -0.2) is 23.5 Å². The molecule has 0 unspecified atom stereocenters. The van der Waals surface area contributed by atoms with Gasteiger partial charge in [-0.1, -0.05) is 96.8 Å². The molecule has 0 aliphatic heterocycles. The predicted molar refractivity (Wildman–Crippen MR) is 112 cm³/mol. The smallest absolute Gasteiger partial charge is 0.373 e. The third-order valence-electron chi connectivity index (χ3n) is 4.81. The summed E-state index contributed by atoms with van der Waals surface area (Å²) in [6.07, 6.45) is 20.7. The van der Waals surface area contributed by atoms with Crippen LogP contribution >= 0.6 is 0 Å². The van der Waals surface area contributed by atoms with Crippen LogP contribution in [0.4, 0.5) is 0 Å². The Kier molecular flexibility index (Phi) is 18.5. The van der Waals surface area contributed by atoms with Gasteiger partial charge in [0.2, 0.25) is 5.76 Å². The van der Waals surface area contributed by atoms with Crippen LogP contribution in [0.15, 0.2) is 11.8 Å². The monoisotopic (exact) mass is 382 g/mol. The van der Waals surface area contributed by atoms with Gasteiger partial charge in [0.25, 0.3) is 0 Å². The van der Waals surface area contributed by atoms with E-state index in [0.29, 0.717) is 6.42 Å². The summed E-state index contributed by atoms with van der Waals surface area (Å²) in [5.41, 5.74) is 0. The summed E-state index contributed by atoms with van der Waals surface area (Å²) in [6, 6.07) is 0. The number of hydrogen-bond donors (Lipinski definition) is 1. The van der Waals surface area contributed by atoms with E-state index in [-0.39, 0.29) is 12.4 Å². The number of ether oxygens (including phenoxy) is 1. The predicted octanol–water partition coefficient (Wildman–Crippen LogP) is 6.82. The first-order valence-electron chi connectivity index (χ1n) is 11.2. The summed E-state index contributed by atoms with van der Waals surface area (Å²) in [7, 11) is 0. The van der Waals surface area contributed by atoms with Crippen LogP contribution in [0.5, 0.6) is 0 Å². The Morgan fingerprint density at radius 2 is 1.11 bits per heavy atom. The minimum Gasteiger partial charge on any atom is -0.502 e. The van der Waals surface area contributed by atoms with Crippen molar-refractivity contribution in [3.8, 4) is 0 Å². The molecule has 0 bridgehead atoms. The number of ketones is 1. The van der Waals surface area contributed by atoms with Gasteiger partial charge in [0.1, 0.15) is 0 Å². The van der Waals surface area contributed by atoms with Crippen LogP contribution in [0.25, 0.3) is 0 Å². The lowest BCUT2D eigenvalue weighted by Gasteiger charge is -2.03. The maximum atomic E-state index is 11.7. The van der Waals surface area contributed by atoms with Crippen molar-refractivity contribution < 1.29 is 19.4 Å². The Bertz CT molecular complexity index is 401. The van der Waals surface area contributed by atoms with Gasteiger partial charge < -0.3 is 9.84 Å². The Labute approximate surface area is 166 Å². The molecule has 0 aliphatic carbocycles. The van der Waals surface area contributed by atoms with Gasteiger partial charge >= 0.3 is 5.97 Å². The first-order valence-corrected chi connectivity index (χ1v) is 11.2. The van der Waals surface area contributed by atoms with Crippen molar-refractivity contribution in [3.05, 3.63) is 11.8 Å². The lowest BCUT2D eigenvalue weighted by atomic mass is 10.0. The highest BCUT2D eigenvalue weighted by atomic mass is 16.5. The zero-order valence-corrected chi connectivity index (χ0v) is 17.8. The van der Waals surface area contributed by atoms with E-state index in [1.807, 2.05) is 0 Å². The lowest BCUT2D eigenvalue weighted by Crippen LogP contribution is -2.09. The van der Waals surface area contributed by atoms with Crippen molar-refractivity contribution in [1.82, 2.24) is 0 Å². The molecule has 158 valence electrons. The molecule has 0 saturated heterocycles. The van der Waals surface area contributed by atoms with Gasteiger partial charge in [-0.3, -0.25) is 4.79 Å². The first kappa shape index (κ1) is 25.7. The van der Waals surface area contributed by atoms with Crippen LogP contribution in [-0.2, 0) is 14.3 Å². The molecule has 1 N–H and O–H groups in total. The molecule has 0 heterocycles. The Hall–Kier alpha value is -1.32. The summed E-state index contributed by atoms with van der Waals surface area (Å²) >= 11 is 0. The van der Waals surface area contributed by atoms with Crippen LogP contribution in [0.1, 0.15) is 117 Å². The zero-order valence-electron chi connectivity index (χ0n) is 17.8. The average Bonchev–Trinajstić information content (AvgIpc) is 2.65. The molecular weight excluding hydrogens is 340 g/mol. The molecule has 0 rings (SSSR count). The van der Waals surface area contributed by atoms with E-state index < -0.39 is 11.7 Å². The quantitative estimate of drug-likeness (QED) is 0.115. The highest BCUT2D eigenvalue weighted by molar-refractivity contribution is 5.97. The number of aliphatic hydroxyl groups is 1. The van der Waals surface area contributed by atoms with E-state index in [0.717, 1.165) is 25.3 Å². The highest BCUT2D eigenvalue weighted by Crippen LogP contribution is 2.13. The van der Waals surface area contributed by atoms with Crippen molar-refractivity contribution in [2.75, 3.05) is 6.61 Å². The maximum Gasteiger partial charge on any atom is 0.373 e. The number of carbonyl (C=O) groups excluding carboxylic acids is 2. The second-order valence-electron chi connectivity index (χ2n) is 7.42. The fourth-order valence-electron chi connectivity index (χ4n) is 3.16. The van der Waals surface area contributed by atoms with Gasteiger partial charge in [-0.15, -0.1) is 0 Å². The lowest BCUT2D eigenvalue weighted by molar-refractivity contribution is -0.141. The second kappa shape index (κ2) is 19.4. The van der Waals surface area contributed by atoms with Gasteiger partial charge in [-0.05, 0) is 13.3 Å². The minimum atomic E-state index is -0.831. The van der Waals surface area contributed by atoms with Crippen LogP contribution in [0, 0.1) is 0 Å². The normalized spacial score (nSPS) is 11.6. The number of unbranched alkanes of at least 4 members (excludes halogenated alkanes) is 14. The third-order valence-corrected chi connectivity index (χ3v) is 4.81. The molecule has 0 radical (unpaired) electrons. The Balaban J connectivity index is 3.36. The van der Waals surface area contributed by atoms with Gasteiger partial charge in [0.15, 0.2) is 5.78 Å². The first-order chi connectivity index (χ1) is 13.1. The summed E-state index contributed by atoms with van der Waals surface area (Å²) < 4.78 is 4.63.